The number of nitrogens with one attached hydrogen (secondary N) is 1. The van der Waals surface area contributed by atoms with Crippen molar-refractivity contribution < 1.29 is 0 Å². The molecule has 2 aromatic rings. The van der Waals surface area contributed by atoms with Crippen LogP contribution < -0.4 is 11.1 Å². The largest absolute Gasteiger partial charge is 0.339 e. The fourth-order valence-electron chi connectivity index (χ4n) is 1.01. The van der Waals surface area contributed by atoms with Crippen LogP contribution in [0.3, 0.4) is 0 Å². The lowest BCUT2D eigenvalue weighted by Gasteiger charge is -2.04. The topological polar surface area (TPSA) is 93.5 Å². The molecule has 17 heavy (non-hydrogen) atoms. The minimum atomic E-state index is -0.812. The second-order valence-electron chi connectivity index (χ2n) is 2.98. The van der Waals surface area contributed by atoms with Crippen LogP contribution in [-0.4, -0.2) is 24.4 Å². The highest BCUT2D eigenvalue weighted by Gasteiger charge is 2.09. The second-order valence-corrected chi connectivity index (χ2v) is 5.28. The van der Waals surface area contributed by atoms with Gasteiger partial charge in [0.25, 0.3) is 0 Å². The van der Waals surface area contributed by atoms with Crippen molar-refractivity contribution >= 4 is 34.9 Å². The number of H-pyrrole nitrogens is 1. The van der Waals surface area contributed by atoms with Crippen molar-refractivity contribution in [2.24, 2.45) is 7.05 Å². The average molecular weight is 292 g/mol. The van der Waals surface area contributed by atoms with Gasteiger partial charge in [0.1, 0.15) is 10.0 Å². The molecule has 0 fully saturated rings. The minimum Gasteiger partial charge on any atom is -0.265 e. The van der Waals surface area contributed by atoms with Crippen LogP contribution in [0.2, 0.25) is 4.34 Å². The van der Waals surface area contributed by atoms with E-state index >= 15 is 0 Å². The maximum Gasteiger partial charge on any atom is 0.339 e. The van der Waals surface area contributed by atoms with Crippen LogP contribution in [0.4, 0.5) is 0 Å². The molecule has 0 saturated heterocycles. The molecule has 2 heterocycles. The molecule has 0 radical (unpaired) electrons. The number of aryl methyl sites for hydroxylation is 1. The Labute approximate surface area is 108 Å². The zero-order chi connectivity index (χ0) is 12.4. The Morgan fingerprint density at radius 1 is 1.53 bits per heavy atom. The second kappa shape index (κ2) is 4.98. The highest BCUT2D eigenvalue weighted by Crippen LogP contribution is 2.24. The summed E-state index contributed by atoms with van der Waals surface area (Å²) in [6, 6.07) is 0. The highest BCUT2D eigenvalue weighted by atomic mass is 35.5. The molecule has 0 unspecified atom stereocenters. The maximum atomic E-state index is 11.1. The standard InChI is InChI=1S/C7H6ClN5O2S2/c1-13-7(9-5(14)6(15)11-13)16-2-3-4(8)17-12-10-3/h2H2,1H3,(H,11,15). The first kappa shape index (κ1) is 12.3. The van der Waals surface area contributed by atoms with E-state index < -0.39 is 11.1 Å². The van der Waals surface area contributed by atoms with E-state index in [2.05, 4.69) is 19.7 Å². The molecule has 2 aromatic heterocycles. The number of hydrogen-bond acceptors (Lipinski definition) is 7. The molecule has 0 spiro atoms. The summed E-state index contributed by atoms with van der Waals surface area (Å²) >= 11 is 8.17. The van der Waals surface area contributed by atoms with Gasteiger partial charge in [0.15, 0.2) is 5.16 Å². The molecule has 90 valence electrons. The summed E-state index contributed by atoms with van der Waals surface area (Å²) in [5, 5.41) is 6.57. The van der Waals surface area contributed by atoms with E-state index in [-0.39, 0.29) is 0 Å². The van der Waals surface area contributed by atoms with Gasteiger partial charge in [-0.25, -0.2) is 0 Å². The quantitative estimate of drug-likeness (QED) is 0.644. The first-order valence-electron chi connectivity index (χ1n) is 4.35. The first-order valence-corrected chi connectivity index (χ1v) is 6.48. The van der Waals surface area contributed by atoms with Gasteiger partial charge >= 0.3 is 11.1 Å². The van der Waals surface area contributed by atoms with E-state index in [1.165, 1.54) is 16.4 Å². The summed E-state index contributed by atoms with van der Waals surface area (Å²) in [5.74, 6) is 0.432. The summed E-state index contributed by atoms with van der Waals surface area (Å²) in [5.41, 5.74) is -0.930. The molecule has 1 N–H and O–H groups in total. The van der Waals surface area contributed by atoms with Gasteiger partial charge in [0, 0.05) is 24.3 Å². The van der Waals surface area contributed by atoms with Gasteiger partial charge in [-0.2, -0.15) is 4.98 Å². The Hall–Kier alpha value is -1.19. The maximum absolute atomic E-state index is 11.1. The average Bonchev–Trinajstić information content (AvgIpc) is 2.68. The van der Waals surface area contributed by atoms with Crippen LogP contribution in [0.5, 0.6) is 0 Å². The zero-order valence-corrected chi connectivity index (χ0v) is 10.9. The van der Waals surface area contributed by atoms with Crippen LogP contribution in [-0.2, 0) is 12.8 Å². The van der Waals surface area contributed by atoms with Crippen LogP contribution in [0.1, 0.15) is 5.69 Å². The Balaban J connectivity index is 2.20. The van der Waals surface area contributed by atoms with Crippen LogP contribution in [0.25, 0.3) is 0 Å². The highest BCUT2D eigenvalue weighted by molar-refractivity contribution is 7.98. The molecule has 0 saturated carbocycles. The molecule has 0 aliphatic carbocycles. The molecular weight excluding hydrogens is 286 g/mol. The van der Waals surface area contributed by atoms with E-state index in [4.69, 9.17) is 11.6 Å². The van der Waals surface area contributed by atoms with Gasteiger partial charge in [0.2, 0.25) is 0 Å². The third kappa shape index (κ3) is 2.73. The van der Waals surface area contributed by atoms with Gasteiger partial charge in [0.05, 0.1) is 0 Å². The normalized spacial score (nSPS) is 10.7. The molecule has 0 atom stereocenters. The van der Waals surface area contributed by atoms with Gasteiger partial charge in [-0.15, -0.1) is 5.10 Å². The van der Waals surface area contributed by atoms with Crippen molar-refractivity contribution in [2.45, 2.75) is 10.9 Å². The van der Waals surface area contributed by atoms with Crippen LogP contribution in [0, 0.1) is 0 Å². The van der Waals surface area contributed by atoms with E-state index in [0.717, 1.165) is 11.5 Å². The van der Waals surface area contributed by atoms with E-state index in [9.17, 15) is 9.59 Å². The molecule has 7 nitrogen and oxygen atoms in total. The Morgan fingerprint density at radius 2 is 2.29 bits per heavy atom. The number of rotatable bonds is 3. The molecule has 10 heteroatoms. The Bertz CT molecular complexity index is 648. The number of halogens is 1. The lowest BCUT2D eigenvalue weighted by molar-refractivity contribution is 0.596. The van der Waals surface area contributed by atoms with Crippen LogP contribution >= 0.6 is 34.9 Å². The fraction of sp³-hybridized carbons (Fsp3) is 0.286. The van der Waals surface area contributed by atoms with Crippen molar-refractivity contribution in [3.8, 4) is 0 Å². The van der Waals surface area contributed by atoms with Crippen molar-refractivity contribution in [1.29, 1.82) is 0 Å². The van der Waals surface area contributed by atoms with E-state index in [0.29, 0.717) is 20.9 Å². The monoisotopic (exact) mass is 291 g/mol. The summed E-state index contributed by atoms with van der Waals surface area (Å²) in [7, 11) is 1.59. The third-order valence-corrected chi connectivity index (χ3v) is 3.82. The first-order chi connectivity index (χ1) is 8.08. The number of aromatic amines is 1. The van der Waals surface area contributed by atoms with Crippen molar-refractivity contribution in [3.63, 3.8) is 0 Å². The zero-order valence-electron chi connectivity index (χ0n) is 8.51. The van der Waals surface area contributed by atoms with Crippen molar-refractivity contribution in [1.82, 2.24) is 24.4 Å². The van der Waals surface area contributed by atoms with Gasteiger partial charge < -0.3 is 0 Å². The summed E-state index contributed by atoms with van der Waals surface area (Å²) in [4.78, 5) is 25.7. The minimum absolute atomic E-state index is 0.388. The number of hydrogen-bond donors (Lipinski definition) is 1. The number of nitrogens with zero attached hydrogens (tertiary/aromatic N) is 4. The smallest absolute Gasteiger partial charge is 0.265 e. The summed E-state index contributed by atoms with van der Waals surface area (Å²) < 4.78 is 5.57. The van der Waals surface area contributed by atoms with Gasteiger partial charge in [-0.05, 0) is 0 Å². The predicted octanol–water partition coefficient (Wildman–Crippen LogP) is 0.266. The lowest BCUT2D eigenvalue weighted by atomic mass is 10.6. The summed E-state index contributed by atoms with van der Waals surface area (Å²) in [6.45, 7) is 0. The molecule has 0 bridgehead atoms. The third-order valence-electron chi connectivity index (χ3n) is 1.79. The molecule has 0 aliphatic heterocycles. The van der Waals surface area contributed by atoms with Gasteiger partial charge in [-0.3, -0.25) is 19.4 Å². The Morgan fingerprint density at radius 3 is 2.94 bits per heavy atom. The van der Waals surface area contributed by atoms with E-state index in [1.54, 1.807) is 7.05 Å². The predicted molar refractivity (Wildman–Crippen MR) is 64.6 cm³/mol. The molecule has 0 aliphatic rings. The van der Waals surface area contributed by atoms with Crippen molar-refractivity contribution in [2.75, 3.05) is 0 Å². The van der Waals surface area contributed by atoms with Crippen LogP contribution in [0.15, 0.2) is 14.7 Å². The number of aromatic nitrogens is 5. The lowest BCUT2D eigenvalue weighted by Crippen LogP contribution is -2.33. The van der Waals surface area contributed by atoms with Crippen molar-refractivity contribution in [3.05, 3.63) is 30.7 Å². The molecule has 0 amide bonds. The SMILES string of the molecule is Cn1[nH]c(=O)c(=O)nc1SCc1nnsc1Cl. The number of thioether (sulfide) groups is 1. The Kier molecular flexibility index (Phi) is 3.60. The molecule has 0 aromatic carbocycles. The molecule has 2 rings (SSSR count). The van der Waals surface area contributed by atoms with E-state index in [1.807, 2.05) is 0 Å². The fourth-order valence-corrected chi connectivity index (χ4v) is 2.66. The molecular formula is C7H6ClN5O2S2. The van der Waals surface area contributed by atoms with Gasteiger partial charge in [-0.1, -0.05) is 27.9 Å². The summed E-state index contributed by atoms with van der Waals surface area (Å²) in [6.07, 6.45) is 0.